The van der Waals surface area contributed by atoms with Crippen molar-refractivity contribution in [3.63, 3.8) is 0 Å². The van der Waals surface area contributed by atoms with Crippen molar-refractivity contribution in [2.24, 2.45) is 0 Å². The molecule has 0 saturated heterocycles. The Kier molecular flexibility index (Phi) is 115. The van der Waals surface area contributed by atoms with Gasteiger partial charge in [0.25, 0.3) is 0 Å². The van der Waals surface area contributed by atoms with E-state index in [1.807, 2.05) is 471 Å². The van der Waals surface area contributed by atoms with E-state index in [0.717, 1.165) is 34.2 Å². The Morgan fingerprint density at radius 1 is 0.143 bits per heavy atom. The molecule has 12 aromatic carbocycles. The number of fused-ring (bicyclic) bond motifs is 6. The molecule has 126 heavy (non-hydrogen) atoms. The third-order valence-electron chi connectivity index (χ3n) is 14.9. The molecule has 0 spiro atoms. The summed E-state index contributed by atoms with van der Waals surface area (Å²) < 4.78 is 0. The summed E-state index contributed by atoms with van der Waals surface area (Å²) in [6.07, 6.45) is 11.3. The van der Waals surface area contributed by atoms with E-state index in [4.69, 9.17) is 0 Å². The second kappa shape index (κ2) is 102. The summed E-state index contributed by atoms with van der Waals surface area (Å²) in [5, 5.41) is 14.9. The number of aryl methyl sites for hydroxylation is 6. The van der Waals surface area contributed by atoms with Gasteiger partial charge < -0.3 is 44.6 Å². The number of rotatable bonds is 0. The first-order valence-corrected chi connectivity index (χ1v) is 40.1. The van der Waals surface area contributed by atoms with Crippen molar-refractivity contribution >= 4 is 64.6 Å². The summed E-state index contributed by atoms with van der Waals surface area (Å²) >= 11 is 0. The summed E-state index contributed by atoms with van der Waals surface area (Å²) in [6, 6.07) is 134. The van der Waals surface area contributed by atoms with Gasteiger partial charge >= 0.3 is 0 Å². The van der Waals surface area contributed by atoms with Gasteiger partial charge in [-0.25, -0.2) is 0 Å². The molecule has 0 aliphatic carbocycles. The van der Waals surface area contributed by atoms with E-state index >= 15 is 0 Å². The first-order valence-electron chi connectivity index (χ1n) is 40.1. The zero-order valence-corrected chi connectivity index (χ0v) is 97.3. The van der Waals surface area contributed by atoms with Crippen LogP contribution in [0.1, 0.15) is 117 Å². The fraction of sp³-hybridized carbons (Fsp3) is 0.158. The summed E-state index contributed by atoms with van der Waals surface area (Å²) in [6.45, 7) is 36.1. The molecule has 0 aliphatic rings. The van der Waals surface area contributed by atoms with Gasteiger partial charge in [0.1, 0.15) is 0 Å². The Bertz CT molecular complexity index is 4350. The first-order chi connectivity index (χ1) is 56.2. The average Bonchev–Trinajstić information content (AvgIpc) is 1.18. The van der Waals surface area contributed by atoms with E-state index in [0.29, 0.717) is 0 Å². The van der Waals surface area contributed by atoms with Crippen molar-refractivity contribution in [1.29, 1.82) is 0 Å². The van der Waals surface area contributed by atoms with E-state index in [1.54, 1.807) is 0 Å². The number of nitrogens with zero attached hydrogens (tertiary/aromatic N) is 6. The zero-order valence-electron chi connectivity index (χ0n) is 79.7. The Morgan fingerprint density at radius 3 is 0.413 bits per heavy atom. The van der Waals surface area contributed by atoms with Gasteiger partial charge in [0.05, 0.1) is 0 Å². The van der Waals surface area contributed by atoms with Crippen LogP contribution in [-0.4, -0.2) is 29.9 Å². The summed E-state index contributed by atoms with van der Waals surface area (Å²) in [5.41, 5.74) is 6.52. The molecule has 0 saturated carbocycles. The maximum atomic E-state index is 4.21. The molecule has 0 amide bonds. The number of hydrogen-bond acceptors (Lipinski definition) is 6. The van der Waals surface area contributed by atoms with Gasteiger partial charge in [0, 0.05) is 230 Å². The second-order valence-corrected chi connectivity index (χ2v) is 22.8. The molecule has 0 aliphatic heterocycles. The molecule has 0 bridgehead atoms. The molecule has 0 fully saturated rings. The first kappa shape index (κ1) is 143. The molecule has 6 nitrogen and oxygen atoms in total. The fourth-order valence-corrected chi connectivity index (χ4v) is 9.70. The molecule has 0 N–H and O–H groups in total. The van der Waals surface area contributed by atoms with Crippen molar-refractivity contribution in [2.75, 3.05) is 0 Å². The predicted octanol–water partition coefficient (Wildman–Crippen LogP) is 34.2. The van der Waals surface area contributed by atoms with E-state index < -0.39 is 0 Å². The van der Waals surface area contributed by atoms with Crippen LogP contribution in [0.15, 0.2) is 438 Å². The van der Waals surface area contributed by atoms with Crippen molar-refractivity contribution in [3.8, 4) is 0 Å². The van der Waals surface area contributed by atoms with Crippen LogP contribution in [0.2, 0.25) is 0 Å². The van der Waals surface area contributed by atoms with Gasteiger partial charge in [-0.2, -0.15) is 0 Å². The van der Waals surface area contributed by atoms with Crippen LogP contribution >= 0.6 is 0 Å². The van der Waals surface area contributed by atoms with Crippen LogP contribution in [0.3, 0.4) is 0 Å². The van der Waals surface area contributed by atoms with E-state index in [9.17, 15) is 0 Å². The molecule has 0 unspecified atom stereocenters. The Morgan fingerprint density at radius 2 is 0.270 bits per heavy atom. The van der Waals surface area contributed by atoms with Crippen molar-refractivity contribution in [3.05, 3.63) is 516 Å². The molecule has 0 radical (unpaired) electrons. The molecule has 18 rings (SSSR count). The monoisotopic (exact) mass is 2700 g/mol. The van der Waals surface area contributed by atoms with Crippen LogP contribution in [0.5, 0.6) is 0 Å². The number of hydrogen-bond donors (Lipinski definition) is 0. The van der Waals surface area contributed by atoms with Crippen molar-refractivity contribution < 1.29 is 126 Å². The van der Waals surface area contributed by atoms with E-state index in [-0.39, 0.29) is 171 Å². The van der Waals surface area contributed by atoms with Crippen LogP contribution in [-0.2, 0) is 126 Å². The Hall–Kier alpha value is -8.77. The van der Waals surface area contributed by atoms with Gasteiger partial charge in [-0.15, -0.1) is 0 Å². The maximum absolute atomic E-state index is 4.21. The minimum absolute atomic E-state index is 0. The largest absolute Gasteiger partial charge is 0.358 e. The second-order valence-electron chi connectivity index (χ2n) is 22.8. The van der Waals surface area contributed by atoms with Crippen LogP contribution < -0.4 is 0 Å². The van der Waals surface area contributed by atoms with Gasteiger partial charge in [-0.1, -0.05) is 447 Å². The third-order valence-corrected chi connectivity index (χ3v) is 14.9. The van der Waals surface area contributed by atoms with Gasteiger partial charge in [-0.3, -0.25) is 29.9 Å². The number of benzene rings is 12. The van der Waals surface area contributed by atoms with Crippen LogP contribution in [0.25, 0.3) is 64.6 Å². The number of pyridine rings is 6. The molecule has 12 heteroatoms. The topological polar surface area (TPSA) is 77.3 Å². The Labute approximate surface area is 853 Å². The molecule has 672 valence electrons. The minimum atomic E-state index is 0. The summed E-state index contributed by atoms with van der Waals surface area (Å²) in [7, 11) is 0. The molecule has 0 atom stereocenters. The molecular weight excluding hydrogens is 2560 g/mol. The summed E-state index contributed by atoms with van der Waals surface area (Å²) in [4.78, 5) is 25.2. The molecular formula is C114H144N6W6-6. The average molecular weight is 2700 g/mol. The summed E-state index contributed by atoms with van der Waals surface area (Å²) in [5.74, 6) is 0. The minimum Gasteiger partial charge on any atom is -0.358 e. The van der Waals surface area contributed by atoms with Crippen molar-refractivity contribution in [1.82, 2.24) is 29.9 Å². The van der Waals surface area contributed by atoms with Gasteiger partial charge in [-0.05, 0) is 110 Å². The Balaban J connectivity index is -0.000000111. The third kappa shape index (κ3) is 66.6. The van der Waals surface area contributed by atoms with Crippen molar-refractivity contribution in [2.45, 2.75) is 125 Å². The zero-order chi connectivity index (χ0) is 83.5. The molecule has 18 aromatic rings. The quantitative estimate of drug-likeness (QED) is 0.141. The van der Waals surface area contributed by atoms with Gasteiger partial charge in [0.2, 0.25) is 0 Å². The SMILES string of the molecule is CC.CC.CC.CC.CC.CC.Cc1cc2ccccc2cn1.Cc1cc2ccccc2cn1.Cc1cc2ccccc2cn1.Cc1nccc2ccccc12.Cc1nccc2ccccc12.Cc1nccc2ccccc12.[CH3-].[CH3-].[CH3-].[CH3-].[CH3-].[CH3-].[W].[W].[W].[W].[W].[W].c1ccccc1.c1ccccc1.c1ccccc1.c1ccccc1.c1ccccc1.c1ccccc1. The van der Waals surface area contributed by atoms with Gasteiger partial charge in [0.15, 0.2) is 0 Å². The van der Waals surface area contributed by atoms with Crippen LogP contribution in [0, 0.1) is 86.1 Å². The number of aromatic nitrogens is 6. The van der Waals surface area contributed by atoms with E-state index in [2.05, 4.69) is 121 Å². The normalized spacial score (nSPS) is 7.95. The fourth-order valence-electron chi connectivity index (χ4n) is 9.70. The standard InChI is InChI=1S/6C10H9N.6C6H6.6C2H6.6CH3.6W/c3*1-8-6-9-4-2-3-5-10(9)7-11-8;3*1-8-10-5-3-2-4-9(10)6-7-11-8;6*1-2-4-6-5-3-1;6*1-2;;;;;;;;;;;;/h6*2-7H,1H3;6*1-6H;6*1-2H3;6*1H3;;;;;;/q;;;;;;;;;;;;;;;;;;6*-1;;;;;;. The molecule has 6 heterocycles. The van der Waals surface area contributed by atoms with E-state index in [1.165, 1.54) is 64.6 Å². The smallest absolute Gasteiger partial charge is 0.0450 e. The molecule has 6 aromatic heterocycles. The maximum Gasteiger partial charge on any atom is 0.0450 e. The van der Waals surface area contributed by atoms with Crippen LogP contribution in [0.4, 0.5) is 0 Å². The predicted molar refractivity (Wildman–Crippen MR) is 544 cm³/mol.